The number of nitrogens with zero attached hydrogens (tertiary/aromatic N) is 1. The zero-order valence-corrected chi connectivity index (χ0v) is 10.9. The predicted molar refractivity (Wildman–Crippen MR) is 70.9 cm³/mol. The van der Waals surface area contributed by atoms with Crippen molar-refractivity contribution in [2.75, 3.05) is 6.54 Å². The van der Waals surface area contributed by atoms with Gasteiger partial charge in [0.05, 0.1) is 17.4 Å². The first-order valence-corrected chi connectivity index (χ1v) is 6.72. The lowest BCUT2D eigenvalue weighted by Crippen LogP contribution is -2.29. The zero-order chi connectivity index (χ0) is 13.7. The predicted octanol–water partition coefficient (Wildman–Crippen LogP) is 1.42. The van der Waals surface area contributed by atoms with Crippen LogP contribution in [-0.4, -0.2) is 33.8 Å². The standard InChI is InChI=1S/C14H20N2O3/c17-13-3-1-2-10(6-13)7-15-9-12-5-4-11(8-16-12)14(18)19/h4-5,8,10,13,15,17H,1-3,6-7,9H2,(H,18,19). The summed E-state index contributed by atoms with van der Waals surface area (Å²) < 4.78 is 0. The smallest absolute Gasteiger partial charge is 0.337 e. The fourth-order valence-electron chi connectivity index (χ4n) is 2.51. The maximum absolute atomic E-state index is 10.7. The molecule has 1 fully saturated rings. The quantitative estimate of drug-likeness (QED) is 0.749. The van der Waals surface area contributed by atoms with E-state index in [1.165, 1.54) is 6.20 Å². The van der Waals surface area contributed by atoms with Gasteiger partial charge in [-0.25, -0.2) is 4.79 Å². The molecule has 3 N–H and O–H groups in total. The third kappa shape index (κ3) is 4.29. The van der Waals surface area contributed by atoms with Gasteiger partial charge in [-0.2, -0.15) is 0 Å². The van der Waals surface area contributed by atoms with Crippen LogP contribution in [0.5, 0.6) is 0 Å². The molecule has 19 heavy (non-hydrogen) atoms. The van der Waals surface area contributed by atoms with Crippen molar-refractivity contribution in [3.05, 3.63) is 29.6 Å². The second-order valence-electron chi connectivity index (χ2n) is 5.16. The van der Waals surface area contributed by atoms with Crippen molar-refractivity contribution in [1.29, 1.82) is 0 Å². The maximum Gasteiger partial charge on any atom is 0.337 e. The van der Waals surface area contributed by atoms with Gasteiger partial charge in [-0.05, 0) is 43.9 Å². The number of aliphatic hydroxyl groups excluding tert-OH is 1. The molecule has 2 atom stereocenters. The Balaban J connectivity index is 1.74. The summed E-state index contributed by atoms with van der Waals surface area (Å²) >= 11 is 0. The Morgan fingerprint density at radius 1 is 1.42 bits per heavy atom. The number of carbonyl (C=O) groups is 1. The van der Waals surface area contributed by atoms with E-state index < -0.39 is 5.97 Å². The molecule has 5 nitrogen and oxygen atoms in total. The molecule has 0 bridgehead atoms. The molecule has 5 heteroatoms. The molecular weight excluding hydrogens is 244 g/mol. The average Bonchev–Trinajstić information content (AvgIpc) is 2.39. The fourth-order valence-corrected chi connectivity index (χ4v) is 2.51. The van der Waals surface area contributed by atoms with E-state index >= 15 is 0 Å². The van der Waals surface area contributed by atoms with Gasteiger partial charge in [-0.1, -0.05) is 6.42 Å². The second-order valence-corrected chi connectivity index (χ2v) is 5.16. The highest BCUT2D eigenvalue weighted by atomic mass is 16.4. The number of aromatic carboxylic acids is 1. The van der Waals surface area contributed by atoms with Crippen molar-refractivity contribution < 1.29 is 15.0 Å². The number of hydrogen-bond donors (Lipinski definition) is 3. The maximum atomic E-state index is 10.7. The largest absolute Gasteiger partial charge is 0.478 e. The highest BCUT2D eigenvalue weighted by molar-refractivity contribution is 5.87. The summed E-state index contributed by atoms with van der Waals surface area (Å²) in [6.45, 7) is 1.51. The Morgan fingerprint density at radius 3 is 2.89 bits per heavy atom. The summed E-state index contributed by atoms with van der Waals surface area (Å²) in [6.07, 6.45) is 5.29. The monoisotopic (exact) mass is 264 g/mol. The number of carboxylic acid groups (broad SMARTS) is 1. The summed E-state index contributed by atoms with van der Waals surface area (Å²) in [5, 5.41) is 21.7. The first-order chi connectivity index (χ1) is 9.15. The van der Waals surface area contributed by atoms with Crippen LogP contribution in [0, 0.1) is 5.92 Å². The van der Waals surface area contributed by atoms with Crippen LogP contribution in [-0.2, 0) is 6.54 Å². The van der Waals surface area contributed by atoms with Gasteiger partial charge in [-0.15, -0.1) is 0 Å². The van der Waals surface area contributed by atoms with Crippen molar-refractivity contribution in [2.45, 2.75) is 38.3 Å². The van der Waals surface area contributed by atoms with Crippen molar-refractivity contribution in [3.8, 4) is 0 Å². The molecule has 0 aliphatic heterocycles. The van der Waals surface area contributed by atoms with Crippen LogP contribution >= 0.6 is 0 Å². The number of hydrogen-bond acceptors (Lipinski definition) is 4. The van der Waals surface area contributed by atoms with Gasteiger partial charge in [0.25, 0.3) is 0 Å². The molecule has 2 unspecified atom stereocenters. The molecule has 1 heterocycles. The Bertz CT molecular complexity index is 419. The Morgan fingerprint density at radius 2 is 2.26 bits per heavy atom. The van der Waals surface area contributed by atoms with Crippen LogP contribution in [0.3, 0.4) is 0 Å². The van der Waals surface area contributed by atoms with Crippen molar-refractivity contribution in [2.24, 2.45) is 5.92 Å². The number of aliphatic hydroxyl groups is 1. The molecule has 0 aromatic carbocycles. The van der Waals surface area contributed by atoms with Crippen molar-refractivity contribution in [1.82, 2.24) is 10.3 Å². The number of nitrogens with one attached hydrogen (secondary N) is 1. The summed E-state index contributed by atoms with van der Waals surface area (Å²) in [4.78, 5) is 14.8. The molecule has 0 radical (unpaired) electrons. The van der Waals surface area contributed by atoms with Crippen LogP contribution < -0.4 is 5.32 Å². The normalized spacial score (nSPS) is 23.2. The highest BCUT2D eigenvalue weighted by Crippen LogP contribution is 2.23. The Hall–Kier alpha value is -1.46. The van der Waals surface area contributed by atoms with Crippen molar-refractivity contribution >= 4 is 5.97 Å². The topological polar surface area (TPSA) is 82.5 Å². The molecule has 0 amide bonds. The minimum atomic E-state index is -0.955. The second kappa shape index (κ2) is 6.63. The summed E-state index contributed by atoms with van der Waals surface area (Å²) in [6, 6.07) is 3.29. The first-order valence-electron chi connectivity index (χ1n) is 6.72. The van der Waals surface area contributed by atoms with E-state index in [1.54, 1.807) is 12.1 Å². The molecule has 0 saturated heterocycles. The van der Waals surface area contributed by atoms with E-state index in [4.69, 9.17) is 5.11 Å². The molecule has 1 aliphatic rings. The van der Waals surface area contributed by atoms with E-state index in [-0.39, 0.29) is 11.7 Å². The van der Waals surface area contributed by atoms with Gasteiger partial charge < -0.3 is 15.5 Å². The number of aromatic nitrogens is 1. The molecule has 2 rings (SSSR count). The molecule has 0 spiro atoms. The summed E-state index contributed by atoms with van der Waals surface area (Å²) in [7, 11) is 0. The molecule has 1 saturated carbocycles. The molecule has 1 aromatic heterocycles. The molecular formula is C14H20N2O3. The van der Waals surface area contributed by atoms with Gasteiger partial charge in [-0.3, -0.25) is 4.98 Å². The number of rotatable bonds is 5. The molecule has 1 aliphatic carbocycles. The lowest BCUT2D eigenvalue weighted by atomic mass is 9.87. The van der Waals surface area contributed by atoms with Gasteiger partial charge in [0.2, 0.25) is 0 Å². The van der Waals surface area contributed by atoms with E-state index in [2.05, 4.69) is 10.3 Å². The van der Waals surface area contributed by atoms with Crippen molar-refractivity contribution in [3.63, 3.8) is 0 Å². The third-order valence-corrected chi connectivity index (χ3v) is 3.57. The van der Waals surface area contributed by atoms with E-state index in [9.17, 15) is 9.90 Å². The zero-order valence-electron chi connectivity index (χ0n) is 10.9. The fraction of sp³-hybridized carbons (Fsp3) is 0.571. The lowest BCUT2D eigenvalue weighted by Gasteiger charge is -2.25. The third-order valence-electron chi connectivity index (χ3n) is 3.57. The van der Waals surface area contributed by atoms with Crippen LogP contribution in [0.25, 0.3) is 0 Å². The van der Waals surface area contributed by atoms with Crippen LogP contribution in [0.1, 0.15) is 41.7 Å². The molecule has 104 valence electrons. The molecule has 1 aromatic rings. The van der Waals surface area contributed by atoms with Crippen LogP contribution in [0.15, 0.2) is 18.3 Å². The van der Waals surface area contributed by atoms with E-state index in [0.29, 0.717) is 12.5 Å². The van der Waals surface area contributed by atoms with Crippen LogP contribution in [0.2, 0.25) is 0 Å². The van der Waals surface area contributed by atoms with Crippen LogP contribution in [0.4, 0.5) is 0 Å². The highest BCUT2D eigenvalue weighted by Gasteiger charge is 2.19. The lowest BCUT2D eigenvalue weighted by molar-refractivity contribution is 0.0696. The minimum absolute atomic E-state index is 0.145. The van der Waals surface area contributed by atoms with Gasteiger partial charge in [0, 0.05) is 12.7 Å². The summed E-state index contributed by atoms with van der Waals surface area (Å²) in [5.41, 5.74) is 1.04. The Kier molecular flexibility index (Phi) is 4.87. The number of pyridine rings is 1. The van der Waals surface area contributed by atoms with Gasteiger partial charge in [0.1, 0.15) is 0 Å². The SMILES string of the molecule is O=C(O)c1ccc(CNCC2CCCC(O)C2)nc1. The summed E-state index contributed by atoms with van der Waals surface area (Å²) in [5.74, 6) is -0.426. The Labute approximate surface area is 112 Å². The van der Waals surface area contributed by atoms with Gasteiger partial charge >= 0.3 is 5.97 Å². The minimum Gasteiger partial charge on any atom is -0.478 e. The average molecular weight is 264 g/mol. The first kappa shape index (κ1) is 14.0. The van der Waals surface area contributed by atoms with E-state index in [1.807, 2.05) is 0 Å². The van der Waals surface area contributed by atoms with Gasteiger partial charge in [0.15, 0.2) is 0 Å². The van der Waals surface area contributed by atoms with E-state index in [0.717, 1.165) is 37.9 Å². The number of carboxylic acids is 1.